The Kier molecular flexibility index (Phi) is 5.11. The molecule has 1 saturated heterocycles. The molecule has 4 nitrogen and oxygen atoms in total. The fourth-order valence-corrected chi connectivity index (χ4v) is 4.54. The molecule has 1 fully saturated rings. The predicted molar refractivity (Wildman–Crippen MR) is 110 cm³/mol. The molecule has 6 heteroatoms. The molecule has 0 N–H and O–H groups in total. The molecule has 136 valence electrons. The van der Waals surface area contributed by atoms with E-state index in [0.717, 1.165) is 60.6 Å². The number of aryl methyl sites for hydroxylation is 2. The van der Waals surface area contributed by atoms with Gasteiger partial charge < -0.3 is 4.90 Å². The number of piperazine rings is 1. The molecular formula is C20H23ClN4S. The lowest BCUT2D eigenvalue weighted by molar-refractivity contribution is 0.249. The summed E-state index contributed by atoms with van der Waals surface area (Å²) in [6, 6.07) is 10.4. The summed E-state index contributed by atoms with van der Waals surface area (Å²) < 4.78 is 0. The first-order valence-electron chi connectivity index (χ1n) is 9.12. The second-order valence-corrected chi connectivity index (χ2v) is 8.39. The van der Waals surface area contributed by atoms with Crippen molar-refractivity contribution in [1.82, 2.24) is 14.9 Å². The molecule has 0 saturated carbocycles. The molecule has 4 rings (SSSR count). The normalized spacial score (nSPS) is 15.7. The van der Waals surface area contributed by atoms with E-state index in [-0.39, 0.29) is 0 Å². The summed E-state index contributed by atoms with van der Waals surface area (Å²) in [5, 5.41) is 2.05. The van der Waals surface area contributed by atoms with Crippen LogP contribution in [0.15, 0.2) is 30.3 Å². The van der Waals surface area contributed by atoms with Crippen molar-refractivity contribution in [2.45, 2.75) is 26.8 Å². The number of benzene rings is 1. The first-order chi connectivity index (χ1) is 12.6. The standard InChI is InChI=1S/C20H23ClN4S/c1-3-18-22-19(16-12-14(2)26-20(16)23-18)25-10-8-24(9-11-25)13-15-6-4-5-7-17(15)21/h4-7,12H,3,8-11,13H2,1-2H3. The lowest BCUT2D eigenvalue weighted by Gasteiger charge is -2.35. The van der Waals surface area contributed by atoms with Gasteiger partial charge >= 0.3 is 0 Å². The molecule has 0 spiro atoms. The molecule has 0 aliphatic carbocycles. The molecule has 3 heterocycles. The Morgan fingerprint density at radius 3 is 2.62 bits per heavy atom. The van der Waals surface area contributed by atoms with Crippen LogP contribution in [0.5, 0.6) is 0 Å². The monoisotopic (exact) mass is 386 g/mol. The summed E-state index contributed by atoms with van der Waals surface area (Å²) in [4.78, 5) is 16.9. The highest BCUT2D eigenvalue weighted by molar-refractivity contribution is 7.18. The van der Waals surface area contributed by atoms with E-state index in [1.54, 1.807) is 11.3 Å². The van der Waals surface area contributed by atoms with Crippen LogP contribution in [-0.4, -0.2) is 41.0 Å². The van der Waals surface area contributed by atoms with Gasteiger partial charge in [-0.05, 0) is 24.6 Å². The minimum absolute atomic E-state index is 0.855. The van der Waals surface area contributed by atoms with Crippen molar-refractivity contribution >= 4 is 39.0 Å². The van der Waals surface area contributed by atoms with Gasteiger partial charge in [0.2, 0.25) is 0 Å². The zero-order valence-corrected chi connectivity index (χ0v) is 16.8. The van der Waals surface area contributed by atoms with Gasteiger partial charge in [0.05, 0.1) is 5.39 Å². The van der Waals surface area contributed by atoms with Crippen LogP contribution in [-0.2, 0) is 13.0 Å². The molecule has 26 heavy (non-hydrogen) atoms. The molecule has 1 aliphatic heterocycles. The zero-order valence-electron chi connectivity index (χ0n) is 15.2. The van der Waals surface area contributed by atoms with E-state index in [2.05, 4.69) is 41.8 Å². The van der Waals surface area contributed by atoms with Crippen LogP contribution in [0.25, 0.3) is 10.2 Å². The molecule has 1 aliphatic rings. The highest BCUT2D eigenvalue weighted by Crippen LogP contribution is 2.31. The van der Waals surface area contributed by atoms with E-state index >= 15 is 0 Å². The summed E-state index contributed by atoms with van der Waals surface area (Å²) in [6.45, 7) is 9.16. The quantitative estimate of drug-likeness (QED) is 0.659. The van der Waals surface area contributed by atoms with Gasteiger partial charge in [-0.2, -0.15) is 0 Å². The summed E-state index contributed by atoms with van der Waals surface area (Å²) in [6.07, 6.45) is 0.867. The molecule has 3 aromatic rings. The van der Waals surface area contributed by atoms with Crippen molar-refractivity contribution < 1.29 is 0 Å². The number of hydrogen-bond donors (Lipinski definition) is 0. The van der Waals surface area contributed by atoms with Gasteiger partial charge in [0, 0.05) is 49.0 Å². The minimum Gasteiger partial charge on any atom is -0.353 e. The number of nitrogens with zero attached hydrogens (tertiary/aromatic N) is 4. The van der Waals surface area contributed by atoms with E-state index in [1.807, 2.05) is 12.1 Å². The molecule has 0 radical (unpaired) electrons. The Bertz CT molecular complexity index is 915. The smallest absolute Gasteiger partial charge is 0.141 e. The van der Waals surface area contributed by atoms with Crippen molar-refractivity contribution in [3.63, 3.8) is 0 Å². The number of thiophene rings is 1. The van der Waals surface area contributed by atoms with Crippen LogP contribution in [0.1, 0.15) is 23.2 Å². The topological polar surface area (TPSA) is 32.3 Å². The first kappa shape index (κ1) is 17.7. The lowest BCUT2D eigenvalue weighted by Crippen LogP contribution is -2.46. The lowest BCUT2D eigenvalue weighted by atomic mass is 10.2. The van der Waals surface area contributed by atoms with Gasteiger partial charge in [0.1, 0.15) is 16.5 Å². The molecule has 1 aromatic carbocycles. The second-order valence-electron chi connectivity index (χ2n) is 6.75. The van der Waals surface area contributed by atoms with E-state index in [4.69, 9.17) is 21.6 Å². The summed E-state index contributed by atoms with van der Waals surface area (Å²) in [5.41, 5.74) is 1.20. The third kappa shape index (κ3) is 3.56. The Morgan fingerprint density at radius 2 is 1.88 bits per heavy atom. The highest BCUT2D eigenvalue weighted by atomic mass is 35.5. The number of halogens is 1. The Balaban J connectivity index is 1.51. The van der Waals surface area contributed by atoms with Crippen molar-refractivity contribution in [3.8, 4) is 0 Å². The summed E-state index contributed by atoms with van der Waals surface area (Å²) in [5.74, 6) is 2.04. The minimum atomic E-state index is 0.855. The molecular weight excluding hydrogens is 364 g/mol. The maximum Gasteiger partial charge on any atom is 0.141 e. The summed E-state index contributed by atoms with van der Waals surface area (Å²) in [7, 11) is 0. The maximum absolute atomic E-state index is 6.32. The zero-order chi connectivity index (χ0) is 18.1. The Morgan fingerprint density at radius 1 is 1.12 bits per heavy atom. The number of hydrogen-bond acceptors (Lipinski definition) is 5. The van der Waals surface area contributed by atoms with Gasteiger partial charge in [-0.1, -0.05) is 36.7 Å². The Hall–Kier alpha value is -1.69. The molecule has 0 unspecified atom stereocenters. The first-order valence-corrected chi connectivity index (χ1v) is 10.3. The van der Waals surface area contributed by atoms with Crippen LogP contribution in [0.4, 0.5) is 5.82 Å². The molecule has 0 bridgehead atoms. The molecule has 2 aromatic heterocycles. The largest absolute Gasteiger partial charge is 0.353 e. The average Bonchev–Trinajstić information content (AvgIpc) is 3.03. The van der Waals surface area contributed by atoms with Gasteiger partial charge in [0.25, 0.3) is 0 Å². The van der Waals surface area contributed by atoms with Gasteiger partial charge in [-0.3, -0.25) is 4.90 Å². The van der Waals surface area contributed by atoms with Gasteiger partial charge in [0.15, 0.2) is 0 Å². The Labute approximate surface area is 163 Å². The predicted octanol–water partition coefficient (Wildman–Crippen LogP) is 4.54. The fraction of sp³-hybridized carbons (Fsp3) is 0.400. The van der Waals surface area contributed by atoms with Crippen LogP contribution in [0.3, 0.4) is 0 Å². The van der Waals surface area contributed by atoms with Crippen molar-refractivity contribution in [2.75, 3.05) is 31.1 Å². The number of fused-ring (bicyclic) bond motifs is 1. The number of anilines is 1. The third-order valence-electron chi connectivity index (χ3n) is 4.88. The van der Waals surface area contributed by atoms with E-state index < -0.39 is 0 Å². The van der Waals surface area contributed by atoms with Crippen molar-refractivity contribution in [1.29, 1.82) is 0 Å². The maximum atomic E-state index is 6.32. The van der Waals surface area contributed by atoms with Crippen molar-refractivity contribution in [2.24, 2.45) is 0 Å². The van der Waals surface area contributed by atoms with Gasteiger partial charge in [-0.15, -0.1) is 11.3 Å². The molecule has 0 amide bonds. The van der Waals surface area contributed by atoms with E-state index in [9.17, 15) is 0 Å². The number of aromatic nitrogens is 2. The average molecular weight is 387 g/mol. The van der Waals surface area contributed by atoms with Crippen LogP contribution in [0.2, 0.25) is 5.02 Å². The van der Waals surface area contributed by atoms with Crippen LogP contribution >= 0.6 is 22.9 Å². The number of rotatable bonds is 4. The summed E-state index contributed by atoms with van der Waals surface area (Å²) >= 11 is 8.08. The second kappa shape index (κ2) is 7.51. The van der Waals surface area contributed by atoms with Crippen molar-refractivity contribution in [3.05, 3.63) is 51.6 Å². The van der Waals surface area contributed by atoms with E-state index in [1.165, 1.54) is 15.8 Å². The third-order valence-corrected chi connectivity index (χ3v) is 6.20. The van der Waals surface area contributed by atoms with Crippen LogP contribution < -0.4 is 4.90 Å². The van der Waals surface area contributed by atoms with Gasteiger partial charge in [-0.25, -0.2) is 9.97 Å². The van der Waals surface area contributed by atoms with Crippen LogP contribution in [0, 0.1) is 6.92 Å². The fourth-order valence-electron chi connectivity index (χ4n) is 3.45. The molecule has 0 atom stereocenters. The SMILES string of the molecule is CCc1nc(N2CCN(Cc3ccccc3Cl)CC2)c2cc(C)sc2n1. The van der Waals surface area contributed by atoms with E-state index in [0.29, 0.717) is 0 Å². The highest BCUT2D eigenvalue weighted by Gasteiger charge is 2.22.